The molecule has 1 aliphatic heterocycles. The van der Waals surface area contributed by atoms with Crippen molar-refractivity contribution in [2.24, 2.45) is 0 Å². The lowest BCUT2D eigenvalue weighted by Gasteiger charge is -2.18. The van der Waals surface area contributed by atoms with Crippen LogP contribution in [0.3, 0.4) is 0 Å². The minimum absolute atomic E-state index is 0.0468. The molecule has 0 aromatic carbocycles. The van der Waals surface area contributed by atoms with E-state index in [0.29, 0.717) is 6.42 Å². The number of aliphatic hydroxyl groups excluding tert-OH is 1. The standard InChI is InChI=1S/C9H17BO4PS/c1-6(3-4-11)9-7(14-16-15-10)5-8(12-2)13-9/h3,7-11,15H,4-5H2,1-2H3/b6-3+/t7-,8?,9+,15?/m0/s1/i10T,15D. The van der Waals surface area contributed by atoms with E-state index in [1.165, 1.54) is 0 Å². The fraction of sp³-hybridized carbons (Fsp3) is 0.778. The van der Waals surface area contributed by atoms with Gasteiger partial charge in [0, 0.05) is 25.2 Å². The monoisotopic (exact) mass is 266 g/mol. The predicted molar refractivity (Wildman–Crippen MR) is 69.1 cm³/mol. The molecule has 4 nitrogen and oxygen atoms in total. The van der Waals surface area contributed by atoms with Crippen molar-refractivity contribution in [1.29, 1.82) is 2.61 Å². The topological polar surface area (TPSA) is 47.9 Å². The Bertz CT molecular complexity index is 287. The second-order valence-corrected chi connectivity index (χ2v) is 5.03. The molecule has 16 heavy (non-hydrogen) atoms. The third kappa shape index (κ3) is 4.02. The Balaban J connectivity index is 2.58. The molecule has 0 aromatic rings. The van der Waals surface area contributed by atoms with Gasteiger partial charge < -0.3 is 18.8 Å². The Kier molecular flexibility index (Phi) is 5.54. The summed E-state index contributed by atoms with van der Waals surface area (Å²) < 4.78 is 30.8. The Morgan fingerprint density at radius 3 is 3.44 bits per heavy atom. The molecular formula is C9H17BO4PS. The van der Waals surface area contributed by atoms with Gasteiger partial charge in [0.15, 0.2) is 6.29 Å². The van der Waals surface area contributed by atoms with Crippen LogP contribution in [0.4, 0.5) is 0 Å². The zero-order valence-electron chi connectivity index (χ0n) is 11.3. The molecule has 0 aromatic heterocycles. The Morgan fingerprint density at radius 2 is 2.81 bits per heavy atom. The normalized spacial score (nSPS) is 34.4. The lowest BCUT2D eigenvalue weighted by Crippen LogP contribution is -2.23. The average Bonchev–Trinajstić information content (AvgIpc) is 2.79. The summed E-state index contributed by atoms with van der Waals surface area (Å²) in [5.74, 6) is 0. The van der Waals surface area contributed by atoms with Crippen molar-refractivity contribution in [2.45, 2.75) is 31.8 Å². The van der Waals surface area contributed by atoms with E-state index < -0.39 is 7.61 Å². The fourth-order valence-electron chi connectivity index (χ4n) is 1.60. The molecule has 0 aliphatic carbocycles. The molecule has 91 valence electrons. The van der Waals surface area contributed by atoms with Crippen LogP contribution in [-0.2, 0) is 13.7 Å². The van der Waals surface area contributed by atoms with Gasteiger partial charge in [-0.05, 0) is 13.8 Å². The third-order valence-electron chi connectivity index (χ3n) is 2.40. The van der Waals surface area contributed by atoms with Crippen molar-refractivity contribution in [2.75, 3.05) is 13.7 Å². The van der Waals surface area contributed by atoms with Crippen molar-refractivity contribution in [3.63, 3.8) is 0 Å². The Morgan fingerprint density at radius 1 is 2.00 bits per heavy atom. The van der Waals surface area contributed by atoms with E-state index in [0.717, 1.165) is 24.8 Å². The highest BCUT2D eigenvalue weighted by Crippen LogP contribution is 2.35. The molecule has 7 heteroatoms. The summed E-state index contributed by atoms with van der Waals surface area (Å²) in [5.41, 5.74) is 0.881. The quantitative estimate of drug-likeness (QED) is 0.324. The van der Waals surface area contributed by atoms with Crippen LogP contribution < -0.4 is 0 Å². The second-order valence-electron chi connectivity index (χ2n) is 3.40. The molecule has 1 rings (SSSR count). The predicted octanol–water partition coefficient (Wildman–Crippen LogP) is 1.13. The van der Waals surface area contributed by atoms with Crippen LogP contribution in [0, 0.1) is 0 Å². The number of aliphatic hydroxyl groups is 1. The maximum Gasteiger partial charge on any atom is 0.160 e. The molecule has 1 heterocycles. The molecule has 2 unspecified atom stereocenters. The van der Waals surface area contributed by atoms with Gasteiger partial charge in [-0.2, -0.15) is 0 Å². The summed E-state index contributed by atoms with van der Waals surface area (Å²) in [6, 6.07) is 0. The first-order valence-corrected chi connectivity index (χ1v) is 7.22. The third-order valence-corrected chi connectivity index (χ3v) is 3.33. The van der Waals surface area contributed by atoms with Gasteiger partial charge in [0.1, 0.15) is 19.7 Å². The number of hydrogen-bond donors (Lipinski definition) is 1. The van der Waals surface area contributed by atoms with Crippen LogP contribution in [0.25, 0.3) is 0 Å². The van der Waals surface area contributed by atoms with E-state index in [2.05, 4.69) is 0 Å². The summed E-state index contributed by atoms with van der Waals surface area (Å²) in [6.45, 7) is 1.81. The fourth-order valence-corrected chi connectivity index (χ4v) is 2.42. The minimum Gasteiger partial charge on any atom is -0.392 e. The lowest BCUT2D eigenvalue weighted by molar-refractivity contribution is -0.107. The van der Waals surface area contributed by atoms with Gasteiger partial charge in [-0.1, -0.05) is 13.7 Å². The van der Waals surface area contributed by atoms with Gasteiger partial charge in [0.2, 0.25) is 0 Å². The highest BCUT2D eigenvalue weighted by molar-refractivity contribution is 8.53. The highest BCUT2D eigenvalue weighted by Gasteiger charge is 2.37. The maximum absolute atomic E-state index is 8.90. The van der Waals surface area contributed by atoms with Crippen LogP contribution in [0.5, 0.6) is 0 Å². The SMILES string of the molecule is [2H]P([B][3H])SO[C@H]1CC(OC)O[C@@H]1/C(C)=C/CO. The molecule has 0 amide bonds. The van der Waals surface area contributed by atoms with Crippen LogP contribution >= 0.6 is 19.3 Å². The van der Waals surface area contributed by atoms with Gasteiger partial charge >= 0.3 is 0 Å². The van der Waals surface area contributed by atoms with Crippen LogP contribution in [0.1, 0.15) is 13.3 Å². The van der Waals surface area contributed by atoms with E-state index in [-0.39, 0.29) is 25.1 Å². The summed E-state index contributed by atoms with van der Waals surface area (Å²) in [6.07, 6.45) is 1.41. The van der Waals surface area contributed by atoms with E-state index in [9.17, 15) is 0 Å². The summed E-state index contributed by atoms with van der Waals surface area (Å²) in [4.78, 5) is 0. The molecular weight excluding hydrogens is 246 g/mol. The van der Waals surface area contributed by atoms with Crippen molar-refractivity contribution in [1.82, 2.24) is 0 Å². The van der Waals surface area contributed by atoms with Crippen LogP contribution in [0.15, 0.2) is 11.6 Å². The van der Waals surface area contributed by atoms with Gasteiger partial charge in [-0.25, -0.2) is 0 Å². The first kappa shape index (κ1) is 11.5. The van der Waals surface area contributed by atoms with Crippen molar-refractivity contribution < 1.29 is 18.8 Å². The van der Waals surface area contributed by atoms with Crippen molar-refractivity contribution in [3.8, 4) is 0 Å². The van der Waals surface area contributed by atoms with Gasteiger partial charge in [-0.3, -0.25) is 0 Å². The molecule has 1 radical (unpaired) electrons. The summed E-state index contributed by atoms with van der Waals surface area (Å²) in [5, 5.41) is 8.90. The smallest absolute Gasteiger partial charge is 0.160 e. The first-order chi connectivity index (χ1) is 8.62. The van der Waals surface area contributed by atoms with E-state index in [1.807, 2.05) is 6.92 Å². The molecule has 1 aliphatic rings. The number of methoxy groups -OCH3 is 1. The average molecular weight is 266 g/mol. The molecule has 0 bridgehead atoms. The summed E-state index contributed by atoms with van der Waals surface area (Å²) in [7, 11) is 1.29. The van der Waals surface area contributed by atoms with Gasteiger partial charge in [-0.15, -0.1) is 0 Å². The number of ether oxygens (including phenoxy) is 2. The Labute approximate surface area is 106 Å². The lowest BCUT2D eigenvalue weighted by atomic mass is 10.1. The van der Waals surface area contributed by atoms with Crippen molar-refractivity contribution >= 4 is 26.8 Å². The van der Waals surface area contributed by atoms with E-state index in [4.69, 9.17) is 21.4 Å². The van der Waals surface area contributed by atoms with E-state index >= 15 is 0 Å². The zero-order chi connectivity index (χ0) is 13.5. The highest BCUT2D eigenvalue weighted by atomic mass is 32.7. The van der Waals surface area contributed by atoms with Gasteiger partial charge in [0.05, 0.1) is 7.89 Å². The minimum atomic E-state index is -1.34. The molecule has 1 N–H and O–H groups in total. The molecule has 1 fully saturated rings. The second kappa shape index (κ2) is 7.69. The van der Waals surface area contributed by atoms with Crippen LogP contribution in [0.2, 0.25) is 0 Å². The number of hydrogen-bond acceptors (Lipinski definition) is 5. The first-order valence-electron chi connectivity index (χ1n) is 5.93. The molecule has 0 spiro atoms. The Hall–Kier alpha value is 0.425. The largest absolute Gasteiger partial charge is 0.392 e. The van der Waals surface area contributed by atoms with E-state index in [1.54, 1.807) is 13.2 Å². The summed E-state index contributed by atoms with van der Waals surface area (Å²) >= 11 is 0.989. The maximum atomic E-state index is 8.90. The zero-order valence-corrected chi connectivity index (χ0v) is 11.0. The molecule has 0 saturated carbocycles. The molecule has 4 atom stereocenters. The van der Waals surface area contributed by atoms with Crippen molar-refractivity contribution in [3.05, 3.63) is 11.6 Å². The number of rotatable bonds is 7. The molecule has 1 saturated heterocycles. The van der Waals surface area contributed by atoms with Gasteiger partial charge in [0.25, 0.3) is 0 Å². The van der Waals surface area contributed by atoms with Crippen LogP contribution in [-0.4, -0.2) is 47.5 Å².